The number of benzene rings is 6. The molecule has 2 N–H and O–H groups in total. The monoisotopic (exact) mass is 834 g/mol. The Hall–Kier alpha value is -5.37. The normalized spacial score (nSPS) is 12.8. The average molecular weight is 835 g/mol. The first-order valence-electron chi connectivity index (χ1n) is 20.9. The second-order valence-corrected chi connectivity index (χ2v) is 17.4. The molecule has 0 aromatic heterocycles. The molecule has 0 aliphatic heterocycles. The third-order valence-electron chi connectivity index (χ3n) is 10.4. The number of thioether (sulfide) groups is 2. The highest BCUT2D eigenvalue weighted by Gasteiger charge is 2.40. The van der Waals surface area contributed by atoms with Crippen molar-refractivity contribution in [2.75, 3.05) is 11.5 Å². The largest absolute Gasteiger partial charge is 0.344 e. The molecule has 2 amide bonds. The fraction of sp³-hybridized carbons (Fsp3) is 0.264. The molecule has 0 bridgehead atoms. The number of hydrogen-bond acceptors (Lipinski definition) is 5. The average Bonchev–Trinajstić information content (AvgIpc) is 3.30. The van der Waals surface area contributed by atoms with E-state index >= 15 is 0 Å². The van der Waals surface area contributed by atoms with Crippen molar-refractivity contribution >= 4 is 41.1 Å². The third-order valence-corrected chi connectivity index (χ3v) is 13.8. The summed E-state index contributed by atoms with van der Waals surface area (Å²) in [6, 6.07) is 60.4. The molecule has 0 saturated heterocycles. The van der Waals surface area contributed by atoms with Crippen LogP contribution in [0.15, 0.2) is 182 Å². The Bertz CT molecular complexity index is 2000. The first-order chi connectivity index (χ1) is 29.2. The summed E-state index contributed by atoms with van der Waals surface area (Å²) < 4.78 is -1.22. The highest BCUT2D eigenvalue weighted by Crippen LogP contribution is 2.50. The van der Waals surface area contributed by atoms with Crippen LogP contribution in [0.25, 0.3) is 0 Å². The quantitative estimate of drug-likeness (QED) is 0.0844. The van der Waals surface area contributed by atoms with Gasteiger partial charge in [-0.15, -0.1) is 23.5 Å². The van der Waals surface area contributed by atoms with Crippen LogP contribution in [0.5, 0.6) is 0 Å². The van der Waals surface area contributed by atoms with E-state index in [1.807, 2.05) is 86.6 Å². The molecule has 0 unspecified atom stereocenters. The molecule has 310 valence electrons. The zero-order valence-electron chi connectivity index (χ0n) is 35.4. The smallest absolute Gasteiger partial charge is 0.243 e. The van der Waals surface area contributed by atoms with Crippen molar-refractivity contribution in [3.05, 3.63) is 215 Å². The van der Waals surface area contributed by atoms with Gasteiger partial charge in [0.2, 0.25) is 11.8 Å². The number of carbonyl (C=O) groups is 3. The minimum absolute atomic E-state index is 0.149. The molecule has 0 radical (unpaired) electrons. The summed E-state index contributed by atoms with van der Waals surface area (Å²) in [5.41, 5.74) is 6.58. The fourth-order valence-corrected chi connectivity index (χ4v) is 10.5. The standard InChI is InChI=1S/C50H50N2O3S2.C3H8/c1-4-45(51-47(54)37(2)35-56-49(39-23-11-5-12-24-39,40-25-13-6-14-26-40)41-27-15-7-16-28-41)48(55)52-46(38(3)53)36-57-50(42-29-17-8-18-30-42,43-31-19-9-20-32-43)44-33-21-10-22-34-44;1-3-2/h5-34,37,45-46H,4,35-36H2,1-3H3,(H,51,54)(H,52,55);3H2,1-2H3/t37-,45-,46-;/m0./s1. The van der Waals surface area contributed by atoms with Crippen LogP contribution in [-0.2, 0) is 23.9 Å². The number of hydrogen-bond donors (Lipinski definition) is 2. The van der Waals surface area contributed by atoms with Crippen molar-refractivity contribution in [3.8, 4) is 0 Å². The van der Waals surface area contributed by atoms with E-state index in [1.165, 1.54) is 13.3 Å². The molecular formula is C53H58N2O3S2. The summed E-state index contributed by atoms with van der Waals surface area (Å²) in [6.07, 6.45) is 1.62. The van der Waals surface area contributed by atoms with Crippen LogP contribution in [-0.4, -0.2) is 41.2 Å². The van der Waals surface area contributed by atoms with E-state index in [1.54, 1.807) is 23.5 Å². The van der Waals surface area contributed by atoms with Crippen molar-refractivity contribution in [2.24, 2.45) is 5.92 Å². The Morgan fingerprint density at radius 1 is 0.450 bits per heavy atom. The van der Waals surface area contributed by atoms with E-state index in [-0.39, 0.29) is 17.6 Å². The molecule has 0 aliphatic rings. The van der Waals surface area contributed by atoms with Gasteiger partial charge in [-0.1, -0.05) is 216 Å². The van der Waals surface area contributed by atoms with Crippen LogP contribution in [0.3, 0.4) is 0 Å². The number of amides is 2. The van der Waals surface area contributed by atoms with E-state index in [0.29, 0.717) is 17.9 Å². The van der Waals surface area contributed by atoms with Crippen LogP contribution in [0, 0.1) is 5.92 Å². The number of rotatable bonds is 18. The lowest BCUT2D eigenvalue weighted by molar-refractivity contribution is -0.132. The molecule has 0 saturated carbocycles. The Morgan fingerprint density at radius 2 is 0.717 bits per heavy atom. The highest BCUT2D eigenvalue weighted by molar-refractivity contribution is 8.01. The van der Waals surface area contributed by atoms with Gasteiger partial charge in [0.05, 0.1) is 15.5 Å². The predicted molar refractivity (Wildman–Crippen MR) is 253 cm³/mol. The van der Waals surface area contributed by atoms with Crippen molar-refractivity contribution in [1.29, 1.82) is 0 Å². The van der Waals surface area contributed by atoms with Gasteiger partial charge in [0, 0.05) is 17.4 Å². The van der Waals surface area contributed by atoms with Crippen molar-refractivity contribution in [2.45, 2.75) is 69.0 Å². The summed E-state index contributed by atoms with van der Waals surface area (Å²) in [5, 5.41) is 6.06. The van der Waals surface area contributed by atoms with E-state index < -0.39 is 27.5 Å². The first-order valence-corrected chi connectivity index (χ1v) is 22.9. The molecule has 3 atom stereocenters. The molecule has 0 spiro atoms. The second kappa shape index (κ2) is 22.8. The highest BCUT2D eigenvalue weighted by atomic mass is 32.2. The molecule has 6 rings (SSSR count). The lowest BCUT2D eigenvalue weighted by atomic mass is 9.84. The van der Waals surface area contributed by atoms with Gasteiger partial charge in [0.1, 0.15) is 6.04 Å². The van der Waals surface area contributed by atoms with E-state index in [4.69, 9.17) is 0 Å². The Morgan fingerprint density at radius 3 is 0.983 bits per heavy atom. The van der Waals surface area contributed by atoms with E-state index in [0.717, 1.165) is 33.4 Å². The summed E-state index contributed by atoms with van der Waals surface area (Å²) in [7, 11) is 0. The lowest BCUT2D eigenvalue weighted by Crippen LogP contribution is -2.53. The minimum atomic E-state index is -0.805. The molecule has 6 aromatic carbocycles. The summed E-state index contributed by atoms with van der Waals surface area (Å²) in [5.74, 6) is -0.340. The van der Waals surface area contributed by atoms with Crippen LogP contribution >= 0.6 is 23.5 Å². The maximum atomic E-state index is 14.0. The minimum Gasteiger partial charge on any atom is -0.344 e. The molecule has 0 aliphatic carbocycles. The number of carbonyl (C=O) groups excluding carboxylic acids is 3. The summed E-state index contributed by atoms with van der Waals surface area (Å²) in [6.45, 7) is 9.54. The Labute approximate surface area is 366 Å². The van der Waals surface area contributed by atoms with Crippen molar-refractivity contribution in [3.63, 3.8) is 0 Å². The number of ketones is 1. The van der Waals surface area contributed by atoms with Gasteiger partial charge >= 0.3 is 0 Å². The summed E-state index contributed by atoms with van der Waals surface area (Å²) in [4.78, 5) is 41.1. The fourth-order valence-electron chi connectivity index (χ4n) is 7.27. The van der Waals surface area contributed by atoms with E-state index in [9.17, 15) is 14.4 Å². The van der Waals surface area contributed by atoms with Crippen LogP contribution in [0.1, 0.15) is 80.8 Å². The Kier molecular flexibility index (Phi) is 17.4. The van der Waals surface area contributed by atoms with Crippen molar-refractivity contribution in [1.82, 2.24) is 10.6 Å². The van der Waals surface area contributed by atoms with Gasteiger partial charge < -0.3 is 10.6 Å². The third kappa shape index (κ3) is 11.1. The number of Topliss-reactive ketones (excluding diaryl/α,β-unsaturated/α-hetero) is 1. The maximum Gasteiger partial charge on any atom is 0.243 e. The van der Waals surface area contributed by atoms with Crippen LogP contribution in [0.2, 0.25) is 0 Å². The zero-order valence-corrected chi connectivity index (χ0v) is 37.1. The summed E-state index contributed by atoms with van der Waals surface area (Å²) >= 11 is 3.34. The second-order valence-electron chi connectivity index (χ2n) is 14.9. The topological polar surface area (TPSA) is 75.3 Å². The Balaban J connectivity index is 0.00000221. The van der Waals surface area contributed by atoms with Gasteiger partial charge in [-0.3, -0.25) is 14.4 Å². The number of nitrogens with one attached hydrogen (secondary N) is 2. The lowest BCUT2D eigenvalue weighted by Gasteiger charge is -2.36. The molecule has 0 fully saturated rings. The van der Waals surface area contributed by atoms with Crippen LogP contribution in [0.4, 0.5) is 0 Å². The molecule has 60 heavy (non-hydrogen) atoms. The predicted octanol–water partition coefficient (Wildman–Crippen LogP) is 11.5. The van der Waals surface area contributed by atoms with Gasteiger partial charge in [-0.25, -0.2) is 0 Å². The van der Waals surface area contributed by atoms with E-state index in [2.05, 4.69) is 134 Å². The first kappa shape index (κ1) is 45.7. The zero-order chi connectivity index (χ0) is 42.8. The molecule has 0 heterocycles. The van der Waals surface area contributed by atoms with Gasteiger partial charge in [0.25, 0.3) is 0 Å². The van der Waals surface area contributed by atoms with Gasteiger partial charge in [-0.05, 0) is 46.7 Å². The molecular weight excluding hydrogens is 777 g/mol. The van der Waals surface area contributed by atoms with Gasteiger partial charge in [0.15, 0.2) is 5.78 Å². The van der Waals surface area contributed by atoms with Crippen LogP contribution < -0.4 is 10.6 Å². The molecule has 5 nitrogen and oxygen atoms in total. The SMILES string of the molecule is CCC.CC[C@H](NC(=O)[C@@H](C)CSC(c1ccccc1)(c1ccccc1)c1ccccc1)C(=O)N[C@@H](CSC(c1ccccc1)(c1ccccc1)c1ccccc1)C(C)=O. The molecule has 6 aromatic rings. The van der Waals surface area contributed by atoms with Crippen molar-refractivity contribution < 1.29 is 14.4 Å². The van der Waals surface area contributed by atoms with Gasteiger partial charge in [-0.2, -0.15) is 0 Å². The molecule has 7 heteroatoms. The maximum absolute atomic E-state index is 14.0.